The molecule has 1 fully saturated rings. The molecule has 6 atom stereocenters. The third-order valence-corrected chi connectivity index (χ3v) is 6.20. The summed E-state index contributed by atoms with van der Waals surface area (Å²) in [5, 5.41) is 47.7. The van der Waals surface area contributed by atoms with Gasteiger partial charge in [-0.2, -0.15) is 0 Å². The van der Waals surface area contributed by atoms with Crippen molar-refractivity contribution in [2.75, 3.05) is 13.2 Å². The van der Waals surface area contributed by atoms with Crippen LogP contribution in [0.5, 0.6) is 5.88 Å². The quantitative estimate of drug-likeness (QED) is 0.177. The highest BCUT2D eigenvalue weighted by molar-refractivity contribution is 5.86. The maximum absolute atomic E-state index is 14.0. The number of nitrogens with one attached hydrogen (secondary N) is 2. The largest absolute Gasteiger partial charge is 0.443 e. The van der Waals surface area contributed by atoms with Gasteiger partial charge in [-0.1, -0.05) is 24.3 Å². The predicted molar refractivity (Wildman–Crippen MR) is 127 cm³/mol. The van der Waals surface area contributed by atoms with Crippen molar-refractivity contribution in [3.05, 3.63) is 46.6 Å². The van der Waals surface area contributed by atoms with Crippen molar-refractivity contribution >= 4 is 11.8 Å². The lowest BCUT2D eigenvalue weighted by molar-refractivity contribution is -0.265. The van der Waals surface area contributed by atoms with Crippen LogP contribution in [0.3, 0.4) is 0 Å². The smallest absolute Gasteiger partial charge is 0.242 e. The minimum Gasteiger partial charge on any atom is -0.443 e. The molecular formula is C24H33FN4O8. The molecule has 12 nitrogen and oxygen atoms in total. The number of primary amides is 1. The van der Waals surface area contributed by atoms with E-state index in [0.29, 0.717) is 30.5 Å². The third kappa shape index (κ3) is 7.23. The molecule has 37 heavy (non-hydrogen) atoms. The van der Waals surface area contributed by atoms with Crippen LogP contribution in [0, 0.1) is 6.92 Å². The first-order valence-electron chi connectivity index (χ1n) is 11.9. The number of aliphatic hydroxyl groups excluding tert-OH is 4. The van der Waals surface area contributed by atoms with Crippen molar-refractivity contribution in [1.82, 2.24) is 15.5 Å². The van der Waals surface area contributed by atoms with Gasteiger partial charge < -0.3 is 41.0 Å². The van der Waals surface area contributed by atoms with Crippen LogP contribution in [0.4, 0.5) is 4.39 Å². The summed E-state index contributed by atoms with van der Waals surface area (Å²) in [6.07, 6.45) is -6.44. The Morgan fingerprint density at radius 3 is 2.51 bits per heavy atom. The van der Waals surface area contributed by atoms with E-state index >= 15 is 0 Å². The van der Waals surface area contributed by atoms with Crippen molar-refractivity contribution in [2.24, 2.45) is 5.73 Å². The topological polar surface area (TPSA) is 200 Å². The summed E-state index contributed by atoms with van der Waals surface area (Å²) in [4.78, 5) is 23.0. The standard InChI is InChI=1S/C24H33FN4O8/c1-12-15(23(29-28-12)37-24-21(34)20(33)19(25)17(11-31)36-24)9-14-7-5-13(6-8-14)3-2-4-18(32)27-16(10-30)22(26)35/h5-8,16-17,19-21,24,30-31,33-34H,2-4,9-11H2,1H3,(H2,26,35)(H,27,32)(H,28,29)/t16-,17?,19?,20?,21?,24?/m0/s1. The maximum Gasteiger partial charge on any atom is 0.242 e. The molecule has 0 aliphatic carbocycles. The van der Waals surface area contributed by atoms with Crippen LogP contribution in [0.1, 0.15) is 35.2 Å². The summed E-state index contributed by atoms with van der Waals surface area (Å²) < 4.78 is 24.9. The van der Waals surface area contributed by atoms with Crippen molar-refractivity contribution in [1.29, 1.82) is 0 Å². The molecule has 0 radical (unpaired) electrons. The van der Waals surface area contributed by atoms with E-state index < -0.39 is 55.9 Å². The van der Waals surface area contributed by atoms with Gasteiger partial charge in [0.05, 0.1) is 13.2 Å². The van der Waals surface area contributed by atoms with Crippen LogP contribution in [-0.2, 0) is 27.2 Å². The molecular weight excluding hydrogens is 491 g/mol. The molecule has 8 N–H and O–H groups in total. The lowest BCUT2D eigenvalue weighted by Crippen LogP contribution is -2.58. The number of hydrogen-bond acceptors (Lipinski definition) is 9. The molecule has 0 saturated carbocycles. The van der Waals surface area contributed by atoms with E-state index in [0.717, 1.165) is 11.1 Å². The summed E-state index contributed by atoms with van der Waals surface area (Å²) in [7, 11) is 0. The van der Waals surface area contributed by atoms with E-state index in [4.69, 9.17) is 20.3 Å². The number of alkyl halides is 1. The first-order chi connectivity index (χ1) is 17.6. The number of carbonyl (C=O) groups is 2. The molecule has 2 heterocycles. The number of nitrogens with two attached hydrogens (primary N) is 1. The van der Waals surface area contributed by atoms with Crippen LogP contribution in [0.15, 0.2) is 24.3 Å². The molecule has 5 unspecified atom stereocenters. The number of aromatic amines is 1. The average molecular weight is 525 g/mol. The minimum absolute atomic E-state index is 0.120. The zero-order valence-electron chi connectivity index (χ0n) is 20.3. The van der Waals surface area contributed by atoms with Gasteiger partial charge in [0.25, 0.3) is 0 Å². The van der Waals surface area contributed by atoms with E-state index in [2.05, 4.69) is 15.5 Å². The molecule has 1 aliphatic heterocycles. The molecule has 1 aromatic carbocycles. The lowest BCUT2D eigenvalue weighted by Gasteiger charge is -2.38. The van der Waals surface area contributed by atoms with Crippen LogP contribution < -0.4 is 15.8 Å². The first kappa shape index (κ1) is 28.5. The van der Waals surface area contributed by atoms with Gasteiger partial charge in [-0.15, -0.1) is 5.10 Å². The monoisotopic (exact) mass is 524 g/mol. The maximum atomic E-state index is 14.0. The number of rotatable bonds is 12. The van der Waals surface area contributed by atoms with Crippen LogP contribution >= 0.6 is 0 Å². The predicted octanol–water partition coefficient (Wildman–Crippen LogP) is -1.25. The highest BCUT2D eigenvalue weighted by Gasteiger charge is 2.46. The van der Waals surface area contributed by atoms with Crippen molar-refractivity contribution < 1.29 is 43.9 Å². The van der Waals surface area contributed by atoms with Gasteiger partial charge >= 0.3 is 0 Å². The molecule has 0 spiro atoms. The second-order valence-corrected chi connectivity index (χ2v) is 8.95. The Labute approximate surface area is 212 Å². The fraction of sp³-hybridized carbons (Fsp3) is 0.542. The van der Waals surface area contributed by atoms with E-state index in [1.165, 1.54) is 0 Å². The van der Waals surface area contributed by atoms with Gasteiger partial charge in [0, 0.05) is 24.1 Å². The van der Waals surface area contributed by atoms with Crippen molar-refractivity contribution in [3.63, 3.8) is 0 Å². The summed E-state index contributed by atoms with van der Waals surface area (Å²) in [6, 6.07) is 6.56. The highest BCUT2D eigenvalue weighted by Crippen LogP contribution is 2.29. The van der Waals surface area contributed by atoms with Gasteiger partial charge in [-0.05, 0) is 30.9 Å². The number of halogens is 1. The van der Waals surface area contributed by atoms with E-state index in [1.54, 1.807) is 6.92 Å². The third-order valence-electron chi connectivity index (χ3n) is 6.20. The Kier molecular flexibility index (Phi) is 9.94. The molecule has 1 aliphatic rings. The molecule has 204 valence electrons. The second-order valence-electron chi connectivity index (χ2n) is 8.95. The minimum atomic E-state index is -1.96. The van der Waals surface area contributed by atoms with Gasteiger partial charge in [0.1, 0.15) is 24.4 Å². The normalized spacial score (nSPS) is 24.4. The van der Waals surface area contributed by atoms with E-state index in [9.17, 15) is 29.3 Å². The molecule has 3 rings (SSSR count). The summed E-state index contributed by atoms with van der Waals surface area (Å²) in [6.45, 7) is 0.545. The van der Waals surface area contributed by atoms with Gasteiger partial charge in [0.15, 0.2) is 6.17 Å². The van der Waals surface area contributed by atoms with Crippen molar-refractivity contribution in [2.45, 2.75) is 69.4 Å². The number of nitrogens with zero attached hydrogens (tertiary/aromatic N) is 1. The second kappa shape index (κ2) is 12.9. The van der Waals surface area contributed by atoms with E-state index in [-0.39, 0.29) is 18.2 Å². The Morgan fingerprint density at radius 1 is 1.22 bits per heavy atom. The van der Waals surface area contributed by atoms with Crippen LogP contribution in [0.2, 0.25) is 0 Å². The number of aliphatic hydroxyl groups is 4. The number of ether oxygens (including phenoxy) is 2. The zero-order valence-corrected chi connectivity index (χ0v) is 20.3. The fourth-order valence-corrected chi connectivity index (χ4v) is 3.94. The average Bonchev–Trinajstić information content (AvgIpc) is 3.22. The number of hydrogen-bond donors (Lipinski definition) is 7. The van der Waals surface area contributed by atoms with E-state index in [1.807, 2.05) is 24.3 Å². The summed E-state index contributed by atoms with van der Waals surface area (Å²) in [5.41, 5.74) is 8.39. The van der Waals surface area contributed by atoms with Crippen molar-refractivity contribution in [3.8, 4) is 5.88 Å². The van der Waals surface area contributed by atoms with Crippen LogP contribution in [-0.4, -0.2) is 92.5 Å². The lowest BCUT2D eigenvalue weighted by atomic mass is 10.0. The number of H-pyrrole nitrogens is 1. The Morgan fingerprint density at radius 2 is 1.89 bits per heavy atom. The summed E-state index contributed by atoms with van der Waals surface area (Å²) >= 11 is 0. The number of benzene rings is 1. The molecule has 0 bridgehead atoms. The number of carbonyl (C=O) groups excluding carboxylic acids is 2. The number of amides is 2. The zero-order chi connectivity index (χ0) is 27.1. The molecule has 2 aromatic rings. The first-order valence-corrected chi connectivity index (χ1v) is 11.9. The number of aromatic nitrogens is 2. The Balaban J connectivity index is 1.56. The highest BCUT2D eigenvalue weighted by atomic mass is 19.1. The van der Waals surface area contributed by atoms with Gasteiger partial charge in [-0.3, -0.25) is 14.7 Å². The van der Waals surface area contributed by atoms with Gasteiger partial charge in [-0.25, -0.2) is 4.39 Å². The van der Waals surface area contributed by atoms with Gasteiger partial charge in [0.2, 0.25) is 24.0 Å². The summed E-state index contributed by atoms with van der Waals surface area (Å²) in [5.74, 6) is -1.05. The fourth-order valence-electron chi connectivity index (χ4n) is 3.94. The molecule has 1 aromatic heterocycles. The molecule has 1 saturated heterocycles. The Hall–Kier alpha value is -3.10. The molecule has 2 amide bonds. The van der Waals surface area contributed by atoms with Crippen LogP contribution in [0.25, 0.3) is 0 Å². The SMILES string of the molecule is Cc1[nH]nc(OC2OC(CO)C(F)C(O)C2O)c1Cc1ccc(CCCC(=O)N[C@@H](CO)C(N)=O)cc1. The Bertz CT molecular complexity index is 1050. The molecule has 13 heteroatoms. The number of aryl methyl sites for hydroxylation is 2.